The molecule has 2 amide bonds. The molecule has 0 aromatic heterocycles. The van der Waals surface area contributed by atoms with Gasteiger partial charge in [0.25, 0.3) is 0 Å². The number of carbonyl (C=O) groups is 2. The minimum atomic E-state index is -2.95. The zero-order valence-corrected chi connectivity index (χ0v) is 14.0. The lowest BCUT2D eigenvalue weighted by Crippen LogP contribution is -2.47. The number of hydrogen-bond acceptors (Lipinski definition) is 3. The Labute approximate surface area is 144 Å². The zero-order chi connectivity index (χ0) is 18.4. The molecule has 138 valence electrons. The summed E-state index contributed by atoms with van der Waals surface area (Å²) in [5.41, 5.74) is 0.463. The third-order valence-corrected chi connectivity index (χ3v) is 4.27. The topological polar surface area (TPSA) is 78.9 Å². The highest BCUT2D eigenvalue weighted by atomic mass is 19.3. The summed E-state index contributed by atoms with van der Waals surface area (Å²) in [6, 6.07) is 5.42. The molecule has 1 heterocycles. The van der Waals surface area contributed by atoms with E-state index < -0.39 is 30.6 Å². The molecule has 2 unspecified atom stereocenters. The first-order chi connectivity index (χ1) is 11.9. The van der Waals surface area contributed by atoms with Crippen LogP contribution in [0, 0.1) is 5.92 Å². The van der Waals surface area contributed by atoms with E-state index in [0.29, 0.717) is 31.4 Å². The maximum atomic E-state index is 12.6. The molecule has 2 rings (SSSR count). The van der Waals surface area contributed by atoms with Crippen molar-refractivity contribution in [2.45, 2.75) is 38.8 Å². The predicted octanol–water partition coefficient (Wildman–Crippen LogP) is 3.25. The van der Waals surface area contributed by atoms with Crippen LogP contribution in [0.25, 0.3) is 0 Å². The Morgan fingerprint density at radius 2 is 2.12 bits per heavy atom. The van der Waals surface area contributed by atoms with E-state index in [1.165, 1.54) is 11.0 Å². The molecular formula is C17H22F2N2O4. The Kier molecular flexibility index (Phi) is 6.55. The van der Waals surface area contributed by atoms with Gasteiger partial charge in [-0.3, -0.25) is 4.79 Å². The van der Waals surface area contributed by atoms with Gasteiger partial charge in [-0.15, -0.1) is 0 Å². The van der Waals surface area contributed by atoms with Gasteiger partial charge < -0.3 is 20.1 Å². The molecule has 0 aliphatic carbocycles. The molecule has 1 aromatic carbocycles. The summed E-state index contributed by atoms with van der Waals surface area (Å²) in [7, 11) is 0. The number of para-hydroxylation sites is 1. The lowest BCUT2D eigenvalue weighted by molar-refractivity contribution is -0.143. The Balaban J connectivity index is 2.09. The largest absolute Gasteiger partial charge is 0.481 e. The molecule has 2 N–H and O–H groups in total. The van der Waals surface area contributed by atoms with Crippen molar-refractivity contribution in [1.29, 1.82) is 0 Å². The molecule has 1 fully saturated rings. The second kappa shape index (κ2) is 8.64. The number of benzene rings is 1. The molecule has 8 heteroatoms. The fourth-order valence-electron chi connectivity index (χ4n) is 2.97. The molecule has 1 saturated heterocycles. The smallest absolute Gasteiger partial charge is 0.387 e. The van der Waals surface area contributed by atoms with Crippen LogP contribution >= 0.6 is 0 Å². The number of likely N-dealkylation sites (tertiary alicyclic amines) is 1. The summed E-state index contributed by atoms with van der Waals surface area (Å²) >= 11 is 0. The highest BCUT2D eigenvalue weighted by Crippen LogP contribution is 2.29. The van der Waals surface area contributed by atoms with Gasteiger partial charge in [0.05, 0.1) is 12.0 Å². The van der Waals surface area contributed by atoms with Gasteiger partial charge in [0.15, 0.2) is 0 Å². The number of rotatable bonds is 6. The quantitative estimate of drug-likeness (QED) is 0.820. The molecule has 1 aromatic rings. The van der Waals surface area contributed by atoms with Crippen LogP contribution in [0.4, 0.5) is 13.6 Å². The first-order valence-electron chi connectivity index (χ1n) is 8.24. The number of carboxylic acids is 1. The summed E-state index contributed by atoms with van der Waals surface area (Å²) in [5, 5.41) is 11.9. The summed E-state index contributed by atoms with van der Waals surface area (Å²) in [4.78, 5) is 25.1. The van der Waals surface area contributed by atoms with E-state index in [1.54, 1.807) is 18.2 Å². The Bertz CT molecular complexity index is 612. The first kappa shape index (κ1) is 19.0. The van der Waals surface area contributed by atoms with Gasteiger partial charge in [0, 0.05) is 18.7 Å². The molecule has 0 spiro atoms. The van der Waals surface area contributed by atoms with Crippen LogP contribution < -0.4 is 10.1 Å². The van der Waals surface area contributed by atoms with E-state index in [0.717, 1.165) is 0 Å². The van der Waals surface area contributed by atoms with Gasteiger partial charge in [-0.25, -0.2) is 4.79 Å². The number of alkyl halides is 2. The number of hydrogen-bond donors (Lipinski definition) is 2. The molecule has 2 atom stereocenters. The third kappa shape index (κ3) is 5.04. The van der Waals surface area contributed by atoms with E-state index in [1.807, 2.05) is 6.92 Å². The summed E-state index contributed by atoms with van der Waals surface area (Å²) < 4.78 is 29.7. The van der Waals surface area contributed by atoms with Crippen LogP contribution in [0.2, 0.25) is 0 Å². The Morgan fingerprint density at radius 3 is 2.76 bits per heavy atom. The molecule has 25 heavy (non-hydrogen) atoms. The van der Waals surface area contributed by atoms with Crippen LogP contribution in [0.5, 0.6) is 5.75 Å². The van der Waals surface area contributed by atoms with Crippen molar-refractivity contribution in [3.8, 4) is 5.75 Å². The van der Waals surface area contributed by atoms with Crippen LogP contribution in [-0.2, 0) is 4.79 Å². The summed E-state index contributed by atoms with van der Waals surface area (Å²) in [6.07, 6.45) is 1.64. The number of carboxylic acid groups (broad SMARTS) is 1. The van der Waals surface area contributed by atoms with E-state index in [9.17, 15) is 18.4 Å². The standard InChI is InChI=1S/C17H22F2N2O4/c1-2-13(12-7-3-4-8-14(12)25-16(18)19)20-17(24)21-9-5-6-11(10-21)15(22)23/h3-4,7-8,11,13,16H,2,5-6,9-10H2,1H3,(H,20,24)(H,22,23). The number of nitrogens with one attached hydrogen (secondary N) is 1. The number of carbonyl (C=O) groups excluding carboxylic acids is 1. The highest BCUT2D eigenvalue weighted by Gasteiger charge is 2.29. The zero-order valence-electron chi connectivity index (χ0n) is 14.0. The summed E-state index contributed by atoms with van der Waals surface area (Å²) in [6.45, 7) is -0.512. The molecule has 0 bridgehead atoms. The van der Waals surface area contributed by atoms with Crippen molar-refractivity contribution >= 4 is 12.0 Å². The normalized spacial score (nSPS) is 18.7. The monoisotopic (exact) mass is 356 g/mol. The second-order valence-electron chi connectivity index (χ2n) is 5.95. The van der Waals surface area contributed by atoms with Crippen molar-refractivity contribution in [3.05, 3.63) is 29.8 Å². The number of nitrogens with zero attached hydrogens (tertiary/aromatic N) is 1. The molecule has 0 radical (unpaired) electrons. The van der Waals surface area contributed by atoms with Gasteiger partial charge in [-0.1, -0.05) is 25.1 Å². The van der Waals surface area contributed by atoms with Crippen molar-refractivity contribution in [2.75, 3.05) is 13.1 Å². The number of piperidine rings is 1. The van der Waals surface area contributed by atoms with Crippen molar-refractivity contribution in [1.82, 2.24) is 10.2 Å². The third-order valence-electron chi connectivity index (χ3n) is 4.27. The fourth-order valence-corrected chi connectivity index (χ4v) is 2.97. The van der Waals surface area contributed by atoms with Crippen molar-refractivity contribution in [3.63, 3.8) is 0 Å². The average molecular weight is 356 g/mol. The van der Waals surface area contributed by atoms with Gasteiger partial charge in [-0.2, -0.15) is 8.78 Å². The molecule has 0 saturated carbocycles. The Morgan fingerprint density at radius 1 is 1.40 bits per heavy atom. The van der Waals surface area contributed by atoms with Crippen LogP contribution in [-0.4, -0.2) is 41.7 Å². The van der Waals surface area contributed by atoms with Crippen LogP contribution in [0.1, 0.15) is 37.8 Å². The molecule has 6 nitrogen and oxygen atoms in total. The minimum absolute atomic E-state index is 0.0201. The fraction of sp³-hybridized carbons (Fsp3) is 0.529. The van der Waals surface area contributed by atoms with Crippen molar-refractivity contribution in [2.24, 2.45) is 5.92 Å². The maximum Gasteiger partial charge on any atom is 0.387 e. The maximum absolute atomic E-state index is 12.6. The van der Waals surface area contributed by atoms with Gasteiger partial charge >= 0.3 is 18.6 Å². The molecular weight excluding hydrogens is 334 g/mol. The molecule has 1 aliphatic rings. The van der Waals surface area contributed by atoms with Crippen molar-refractivity contribution < 1.29 is 28.2 Å². The van der Waals surface area contributed by atoms with E-state index in [2.05, 4.69) is 10.1 Å². The minimum Gasteiger partial charge on any atom is -0.481 e. The highest BCUT2D eigenvalue weighted by molar-refractivity contribution is 5.77. The second-order valence-corrected chi connectivity index (χ2v) is 5.95. The lowest BCUT2D eigenvalue weighted by atomic mass is 9.98. The summed E-state index contributed by atoms with van der Waals surface area (Å²) in [5.74, 6) is -1.47. The van der Waals surface area contributed by atoms with Gasteiger partial charge in [0.1, 0.15) is 5.75 Å². The van der Waals surface area contributed by atoms with Gasteiger partial charge in [-0.05, 0) is 25.3 Å². The number of ether oxygens (including phenoxy) is 1. The molecule has 1 aliphatic heterocycles. The van der Waals surface area contributed by atoms with E-state index >= 15 is 0 Å². The predicted molar refractivity (Wildman–Crippen MR) is 86.6 cm³/mol. The van der Waals surface area contributed by atoms with Crippen LogP contribution in [0.3, 0.4) is 0 Å². The number of aliphatic carboxylic acids is 1. The average Bonchev–Trinajstić information content (AvgIpc) is 2.59. The number of urea groups is 1. The lowest BCUT2D eigenvalue weighted by Gasteiger charge is -2.32. The Hall–Kier alpha value is -2.38. The number of halogens is 2. The van der Waals surface area contributed by atoms with E-state index in [-0.39, 0.29) is 12.3 Å². The SMILES string of the molecule is CCC(NC(=O)N1CCCC(C(=O)O)C1)c1ccccc1OC(F)F. The van der Waals surface area contributed by atoms with Crippen LogP contribution in [0.15, 0.2) is 24.3 Å². The van der Waals surface area contributed by atoms with Gasteiger partial charge in [0.2, 0.25) is 0 Å². The number of amides is 2. The first-order valence-corrected chi connectivity index (χ1v) is 8.24. The van der Waals surface area contributed by atoms with E-state index in [4.69, 9.17) is 5.11 Å².